The first kappa shape index (κ1) is 10.7. The van der Waals surface area contributed by atoms with Gasteiger partial charge in [-0.2, -0.15) is 0 Å². The molecule has 1 unspecified atom stereocenters. The summed E-state index contributed by atoms with van der Waals surface area (Å²) < 4.78 is 0. The van der Waals surface area contributed by atoms with E-state index >= 15 is 0 Å². The van der Waals surface area contributed by atoms with E-state index in [1.165, 1.54) is 11.3 Å². The molecule has 80 valence electrons. The van der Waals surface area contributed by atoms with E-state index in [0.717, 1.165) is 12.8 Å². The van der Waals surface area contributed by atoms with Crippen LogP contribution < -0.4 is 0 Å². The highest BCUT2D eigenvalue weighted by atomic mass is 35.5. The second-order valence-corrected chi connectivity index (χ2v) is 5.53. The quantitative estimate of drug-likeness (QED) is 0.676. The Bertz CT molecular complexity index is 362. The Kier molecular flexibility index (Phi) is 2.83. The van der Waals surface area contributed by atoms with Crippen molar-refractivity contribution in [1.29, 1.82) is 0 Å². The van der Waals surface area contributed by atoms with Gasteiger partial charge < -0.3 is 0 Å². The van der Waals surface area contributed by atoms with Gasteiger partial charge in [-0.05, 0) is 32.3 Å². The molecule has 1 atom stereocenters. The number of aliphatic imine (C=N–C) groups is 1. The van der Waals surface area contributed by atoms with Gasteiger partial charge in [-0.1, -0.05) is 30.3 Å². The Hall–Kier alpha value is -0.820. The summed E-state index contributed by atoms with van der Waals surface area (Å²) in [6.07, 6.45) is 2.12. The van der Waals surface area contributed by atoms with Crippen LogP contribution in [0.2, 0.25) is 0 Å². The van der Waals surface area contributed by atoms with Gasteiger partial charge in [0.25, 0.3) is 0 Å². The summed E-state index contributed by atoms with van der Waals surface area (Å²) in [7, 11) is 0. The van der Waals surface area contributed by atoms with Crippen LogP contribution in [0.3, 0.4) is 0 Å². The van der Waals surface area contributed by atoms with Crippen molar-refractivity contribution in [3.63, 3.8) is 0 Å². The predicted molar refractivity (Wildman–Crippen MR) is 65.9 cm³/mol. The Morgan fingerprint density at radius 3 is 2.47 bits per heavy atom. The van der Waals surface area contributed by atoms with E-state index in [9.17, 15) is 0 Å². The van der Waals surface area contributed by atoms with Crippen LogP contribution in [0.25, 0.3) is 0 Å². The first-order valence-electron chi connectivity index (χ1n) is 5.38. The molecule has 1 aliphatic rings. The molecule has 2 heteroatoms. The minimum Gasteiger partial charge on any atom is -0.284 e. The molecule has 1 aromatic rings. The van der Waals surface area contributed by atoms with Gasteiger partial charge in [-0.25, -0.2) is 0 Å². The van der Waals surface area contributed by atoms with Gasteiger partial charge in [-0.3, -0.25) is 4.99 Å². The molecule has 1 aliphatic heterocycles. The van der Waals surface area contributed by atoms with E-state index < -0.39 is 0 Å². The van der Waals surface area contributed by atoms with E-state index in [0.29, 0.717) is 0 Å². The summed E-state index contributed by atoms with van der Waals surface area (Å²) >= 11 is 6.29. The highest BCUT2D eigenvalue weighted by molar-refractivity contribution is 6.24. The topological polar surface area (TPSA) is 12.4 Å². The second-order valence-electron chi connectivity index (χ2n) is 4.56. The van der Waals surface area contributed by atoms with Crippen molar-refractivity contribution < 1.29 is 0 Å². The number of rotatable bonds is 2. The van der Waals surface area contributed by atoms with Crippen molar-refractivity contribution in [2.75, 3.05) is 0 Å². The number of hydrogen-bond donors (Lipinski definition) is 0. The molecular weight excluding hydrogens is 206 g/mol. The Balaban J connectivity index is 2.21. The van der Waals surface area contributed by atoms with Crippen LogP contribution in [0.5, 0.6) is 0 Å². The molecule has 1 nitrogen and oxygen atoms in total. The van der Waals surface area contributed by atoms with Crippen molar-refractivity contribution in [2.24, 2.45) is 4.99 Å². The molecule has 1 heterocycles. The maximum atomic E-state index is 6.29. The molecule has 0 radical (unpaired) electrons. The van der Waals surface area contributed by atoms with Crippen LogP contribution in [0, 0.1) is 0 Å². The third-order valence-corrected chi connectivity index (χ3v) is 3.12. The molecule has 1 aromatic carbocycles. The van der Waals surface area contributed by atoms with Crippen LogP contribution in [0.4, 0.5) is 0 Å². The fourth-order valence-electron chi connectivity index (χ4n) is 1.94. The van der Waals surface area contributed by atoms with Gasteiger partial charge >= 0.3 is 0 Å². The fraction of sp³-hybridized carbons (Fsp3) is 0.462. The minimum atomic E-state index is -0.226. The molecule has 0 N–H and O–H groups in total. The molecule has 2 rings (SSSR count). The standard InChI is InChI=1S/C13H16ClN/c1-13(2,14)12-9-8-11(15-12)10-6-4-3-5-7-10/h3-7,12H,8-9H2,1-2H3. The Labute approximate surface area is 96.2 Å². The molecule has 0 aliphatic carbocycles. The maximum Gasteiger partial charge on any atom is 0.0693 e. The number of hydrogen-bond acceptors (Lipinski definition) is 1. The number of alkyl halides is 1. The van der Waals surface area contributed by atoms with E-state index in [-0.39, 0.29) is 10.9 Å². The van der Waals surface area contributed by atoms with Crippen LogP contribution in [-0.4, -0.2) is 16.6 Å². The number of nitrogens with zero attached hydrogens (tertiary/aromatic N) is 1. The Morgan fingerprint density at radius 2 is 1.93 bits per heavy atom. The van der Waals surface area contributed by atoms with Crippen LogP contribution in [0.15, 0.2) is 35.3 Å². The molecular formula is C13H16ClN. The molecule has 0 saturated carbocycles. The number of halogens is 1. The van der Waals surface area contributed by atoms with Crippen molar-refractivity contribution >= 4 is 17.3 Å². The molecule has 0 aromatic heterocycles. The zero-order valence-electron chi connectivity index (χ0n) is 9.20. The van der Waals surface area contributed by atoms with Crippen molar-refractivity contribution in [3.05, 3.63) is 35.9 Å². The predicted octanol–water partition coefficient (Wildman–Crippen LogP) is 3.66. The summed E-state index contributed by atoms with van der Waals surface area (Å²) in [5.41, 5.74) is 2.44. The highest BCUT2D eigenvalue weighted by Gasteiger charge is 2.30. The monoisotopic (exact) mass is 221 g/mol. The summed E-state index contributed by atoms with van der Waals surface area (Å²) in [4.78, 5) is 4.49. The third kappa shape index (κ3) is 2.40. The van der Waals surface area contributed by atoms with Gasteiger partial charge in [0.2, 0.25) is 0 Å². The third-order valence-electron chi connectivity index (χ3n) is 2.87. The van der Waals surface area contributed by atoms with E-state index in [2.05, 4.69) is 24.3 Å². The molecule has 0 bridgehead atoms. The fourth-order valence-corrected chi connectivity index (χ4v) is 2.09. The van der Waals surface area contributed by atoms with E-state index in [1.54, 1.807) is 0 Å². The lowest BCUT2D eigenvalue weighted by Gasteiger charge is -2.20. The van der Waals surface area contributed by atoms with Crippen molar-refractivity contribution in [3.8, 4) is 0 Å². The average Bonchev–Trinajstić information content (AvgIpc) is 2.67. The lowest BCUT2D eigenvalue weighted by Crippen LogP contribution is -2.26. The summed E-state index contributed by atoms with van der Waals surface area (Å²) in [5.74, 6) is 0. The average molecular weight is 222 g/mol. The van der Waals surface area contributed by atoms with E-state index in [1.807, 2.05) is 19.9 Å². The van der Waals surface area contributed by atoms with Gasteiger partial charge in [0.1, 0.15) is 0 Å². The molecule has 0 amide bonds. The van der Waals surface area contributed by atoms with Gasteiger partial charge in [0.05, 0.1) is 10.9 Å². The van der Waals surface area contributed by atoms with Gasteiger partial charge in [0.15, 0.2) is 0 Å². The lowest BCUT2D eigenvalue weighted by molar-refractivity contribution is 0.529. The van der Waals surface area contributed by atoms with Crippen LogP contribution in [0.1, 0.15) is 32.3 Å². The summed E-state index contributed by atoms with van der Waals surface area (Å²) in [6.45, 7) is 4.08. The normalized spacial score (nSPS) is 21.5. The van der Waals surface area contributed by atoms with Gasteiger partial charge in [0, 0.05) is 5.71 Å². The second kappa shape index (κ2) is 3.97. The van der Waals surface area contributed by atoms with Crippen molar-refractivity contribution in [2.45, 2.75) is 37.6 Å². The van der Waals surface area contributed by atoms with Crippen LogP contribution >= 0.6 is 11.6 Å². The molecule has 0 fully saturated rings. The zero-order valence-corrected chi connectivity index (χ0v) is 9.96. The smallest absolute Gasteiger partial charge is 0.0693 e. The zero-order chi connectivity index (χ0) is 10.9. The van der Waals surface area contributed by atoms with Gasteiger partial charge in [-0.15, -0.1) is 11.6 Å². The van der Waals surface area contributed by atoms with Crippen molar-refractivity contribution in [1.82, 2.24) is 0 Å². The summed E-state index contributed by atoms with van der Waals surface area (Å²) in [5, 5.41) is 0. The maximum absolute atomic E-state index is 6.29. The lowest BCUT2D eigenvalue weighted by atomic mass is 10.0. The molecule has 0 saturated heterocycles. The van der Waals surface area contributed by atoms with E-state index in [4.69, 9.17) is 16.6 Å². The number of benzene rings is 1. The first-order chi connectivity index (χ1) is 7.07. The molecule has 15 heavy (non-hydrogen) atoms. The largest absolute Gasteiger partial charge is 0.284 e. The SMILES string of the molecule is CC(C)(Cl)C1CCC(c2ccccc2)=N1. The first-order valence-corrected chi connectivity index (χ1v) is 5.76. The summed E-state index contributed by atoms with van der Waals surface area (Å²) in [6, 6.07) is 10.6. The highest BCUT2D eigenvalue weighted by Crippen LogP contribution is 2.30. The Morgan fingerprint density at radius 1 is 1.27 bits per heavy atom. The minimum absolute atomic E-state index is 0.226. The molecule has 0 spiro atoms. The van der Waals surface area contributed by atoms with Crippen LogP contribution in [-0.2, 0) is 0 Å².